The van der Waals surface area contributed by atoms with Crippen LogP contribution in [0.5, 0.6) is 0 Å². The van der Waals surface area contributed by atoms with Gasteiger partial charge in [0.25, 0.3) is 0 Å². The van der Waals surface area contributed by atoms with E-state index in [4.69, 9.17) is 5.73 Å². The molecule has 0 saturated heterocycles. The third kappa shape index (κ3) is 3.25. The largest absolute Gasteiger partial charge is 0.355 e. The predicted molar refractivity (Wildman–Crippen MR) is 79.0 cm³/mol. The van der Waals surface area contributed by atoms with Gasteiger partial charge in [0.05, 0.1) is 5.41 Å². The Morgan fingerprint density at radius 2 is 1.94 bits per heavy atom. The van der Waals surface area contributed by atoms with E-state index in [0.29, 0.717) is 13.1 Å². The van der Waals surface area contributed by atoms with Crippen molar-refractivity contribution in [3.8, 4) is 0 Å². The summed E-state index contributed by atoms with van der Waals surface area (Å²) in [6, 6.07) is 8.03. The zero-order chi connectivity index (χ0) is 12.3. The van der Waals surface area contributed by atoms with E-state index in [0.717, 1.165) is 29.3 Å². The van der Waals surface area contributed by atoms with E-state index in [1.807, 2.05) is 24.3 Å². The third-order valence-electron chi connectivity index (χ3n) is 3.25. The number of benzene rings is 1. The summed E-state index contributed by atoms with van der Waals surface area (Å²) in [6.07, 6.45) is 2.73. The molecule has 0 unspecified atom stereocenters. The molecule has 2 rings (SSSR count). The Labute approximate surface area is 122 Å². The minimum absolute atomic E-state index is 0. The summed E-state index contributed by atoms with van der Waals surface area (Å²) in [7, 11) is 0. The van der Waals surface area contributed by atoms with E-state index in [9.17, 15) is 4.79 Å². The molecule has 3 N–H and O–H groups in total. The molecule has 0 spiro atoms. The van der Waals surface area contributed by atoms with Gasteiger partial charge >= 0.3 is 0 Å². The Morgan fingerprint density at radius 1 is 1.33 bits per heavy atom. The monoisotopic (exact) mass is 332 g/mol. The molecular formula is C13H18BrClN2O. The van der Waals surface area contributed by atoms with Crippen molar-refractivity contribution < 1.29 is 4.79 Å². The fraction of sp³-hybridized carbons (Fsp3) is 0.462. The van der Waals surface area contributed by atoms with Crippen molar-refractivity contribution in [1.82, 2.24) is 5.32 Å². The molecule has 0 atom stereocenters. The second-order valence-electron chi connectivity index (χ2n) is 4.49. The molecule has 0 aliphatic heterocycles. The summed E-state index contributed by atoms with van der Waals surface area (Å²) in [6.45, 7) is 1.29. The summed E-state index contributed by atoms with van der Waals surface area (Å²) in [5.41, 5.74) is 6.26. The molecule has 5 heteroatoms. The summed E-state index contributed by atoms with van der Waals surface area (Å²) in [5.74, 6) is 0.147. The van der Waals surface area contributed by atoms with Crippen LogP contribution >= 0.6 is 28.3 Å². The number of halogens is 2. The SMILES string of the molecule is Cl.NCCCNC(=O)C1(c2ccc(Br)cc2)CC1. The first-order chi connectivity index (χ1) is 8.19. The standard InChI is InChI=1S/C13H17BrN2O.ClH/c14-11-4-2-10(3-5-11)13(6-7-13)12(17)16-9-1-8-15;/h2-5H,1,6-9,15H2,(H,16,17);1H. The summed E-state index contributed by atoms with van der Waals surface area (Å²) in [4.78, 5) is 12.1. The zero-order valence-corrected chi connectivity index (χ0v) is 12.5. The normalized spacial score (nSPS) is 15.7. The minimum atomic E-state index is -0.269. The highest BCUT2D eigenvalue weighted by atomic mass is 79.9. The second kappa shape index (κ2) is 6.55. The molecule has 0 aromatic heterocycles. The van der Waals surface area contributed by atoms with Gasteiger partial charge in [-0.3, -0.25) is 4.79 Å². The quantitative estimate of drug-likeness (QED) is 0.813. The van der Waals surface area contributed by atoms with E-state index >= 15 is 0 Å². The van der Waals surface area contributed by atoms with Crippen molar-refractivity contribution in [2.45, 2.75) is 24.7 Å². The van der Waals surface area contributed by atoms with Crippen LogP contribution < -0.4 is 11.1 Å². The number of hydrogen-bond donors (Lipinski definition) is 2. The molecule has 1 aliphatic rings. The average Bonchev–Trinajstić information content (AvgIpc) is 3.11. The van der Waals surface area contributed by atoms with E-state index in [-0.39, 0.29) is 23.7 Å². The average molecular weight is 334 g/mol. The van der Waals surface area contributed by atoms with Gasteiger partial charge in [-0.1, -0.05) is 28.1 Å². The van der Waals surface area contributed by atoms with Crippen LogP contribution in [0.25, 0.3) is 0 Å². The molecule has 100 valence electrons. The summed E-state index contributed by atoms with van der Waals surface area (Å²) in [5, 5.41) is 2.97. The number of carbonyl (C=O) groups excluding carboxylic acids is 1. The fourth-order valence-electron chi connectivity index (χ4n) is 2.01. The lowest BCUT2D eigenvalue weighted by Crippen LogP contribution is -2.35. The molecular weight excluding hydrogens is 316 g/mol. The summed E-state index contributed by atoms with van der Waals surface area (Å²) >= 11 is 3.41. The van der Waals surface area contributed by atoms with Crippen molar-refractivity contribution >= 4 is 34.2 Å². The highest BCUT2D eigenvalue weighted by Gasteiger charge is 2.50. The van der Waals surface area contributed by atoms with Gasteiger partial charge in [0.1, 0.15) is 0 Å². The molecule has 1 aromatic rings. The first kappa shape index (κ1) is 15.5. The first-order valence-electron chi connectivity index (χ1n) is 5.93. The number of nitrogens with two attached hydrogens (primary N) is 1. The molecule has 1 fully saturated rings. The maximum absolute atomic E-state index is 12.1. The lowest BCUT2D eigenvalue weighted by atomic mass is 9.95. The number of amides is 1. The van der Waals surface area contributed by atoms with Crippen molar-refractivity contribution in [3.63, 3.8) is 0 Å². The van der Waals surface area contributed by atoms with Crippen LogP contribution in [-0.4, -0.2) is 19.0 Å². The molecule has 3 nitrogen and oxygen atoms in total. The maximum Gasteiger partial charge on any atom is 0.230 e. The Kier molecular flexibility index (Phi) is 5.63. The predicted octanol–water partition coefficient (Wildman–Crippen LogP) is 2.37. The van der Waals surface area contributed by atoms with Gasteiger partial charge in [-0.25, -0.2) is 0 Å². The topological polar surface area (TPSA) is 55.1 Å². The van der Waals surface area contributed by atoms with Crippen molar-refractivity contribution in [2.24, 2.45) is 5.73 Å². The highest BCUT2D eigenvalue weighted by Crippen LogP contribution is 2.48. The van der Waals surface area contributed by atoms with Gasteiger partial charge in [0.15, 0.2) is 0 Å². The van der Waals surface area contributed by atoms with Crippen LogP contribution in [0.2, 0.25) is 0 Å². The van der Waals surface area contributed by atoms with Crippen molar-refractivity contribution in [3.05, 3.63) is 34.3 Å². The molecule has 0 heterocycles. The van der Waals surface area contributed by atoms with Crippen molar-refractivity contribution in [1.29, 1.82) is 0 Å². The molecule has 1 saturated carbocycles. The number of hydrogen-bond acceptors (Lipinski definition) is 2. The van der Waals surface area contributed by atoms with Gasteiger partial charge < -0.3 is 11.1 Å². The second-order valence-corrected chi connectivity index (χ2v) is 5.40. The minimum Gasteiger partial charge on any atom is -0.355 e. The van der Waals surface area contributed by atoms with Crippen LogP contribution in [0.4, 0.5) is 0 Å². The Hall–Kier alpha value is -0.580. The first-order valence-corrected chi connectivity index (χ1v) is 6.73. The van der Waals surface area contributed by atoms with Gasteiger partial charge in [0, 0.05) is 11.0 Å². The van der Waals surface area contributed by atoms with Crippen molar-refractivity contribution in [2.75, 3.05) is 13.1 Å². The van der Waals surface area contributed by atoms with E-state index in [1.165, 1.54) is 0 Å². The molecule has 18 heavy (non-hydrogen) atoms. The zero-order valence-electron chi connectivity index (χ0n) is 10.1. The smallest absolute Gasteiger partial charge is 0.230 e. The lowest BCUT2D eigenvalue weighted by molar-refractivity contribution is -0.123. The molecule has 0 bridgehead atoms. The number of nitrogens with one attached hydrogen (secondary N) is 1. The van der Waals surface area contributed by atoms with Gasteiger partial charge in [-0.2, -0.15) is 0 Å². The lowest BCUT2D eigenvalue weighted by Gasteiger charge is -2.15. The van der Waals surface area contributed by atoms with Crippen LogP contribution in [0, 0.1) is 0 Å². The number of rotatable bonds is 5. The van der Waals surface area contributed by atoms with Gasteiger partial charge in [0.2, 0.25) is 5.91 Å². The fourth-order valence-corrected chi connectivity index (χ4v) is 2.28. The molecule has 0 radical (unpaired) electrons. The molecule has 1 amide bonds. The summed E-state index contributed by atoms with van der Waals surface area (Å²) < 4.78 is 1.04. The molecule has 1 aromatic carbocycles. The Bertz CT molecular complexity index is 404. The van der Waals surface area contributed by atoms with Crippen LogP contribution in [0.3, 0.4) is 0 Å². The van der Waals surface area contributed by atoms with Gasteiger partial charge in [-0.05, 0) is 43.5 Å². The number of carbonyl (C=O) groups is 1. The van der Waals surface area contributed by atoms with Crippen LogP contribution in [0.1, 0.15) is 24.8 Å². The van der Waals surface area contributed by atoms with Crippen LogP contribution in [0.15, 0.2) is 28.7 Å². The maximum atomic E-state index is 12.1. The molecule has 1 aliphatic carbocycles. The van der Waals surface area contributed by atoms with Crippen LogP contribution in [-0.2, 0) is 10.2 Å². The Morgan fingerprint density at radius 3 is 2.44 bits per heavy atom. The van der Waals surface area contributed by atoms with Gasteiger partial charge in [-0.15, -0.1) is 12.4 Å². The van der Waals surface area contributed by atoms with E-state index in [2.05, 4.69) is 21.2 Å². The van der Waals surface area contributed by atoms with E-state index in [1.54, 1.807) is 0 Å². The Balaban J connectivity index is 0.00000162. The highest BCUT2D eigenvalue weighted by molar-refractivity contribution is 9.10. The van der Waals surface area contributed by atoms with E-state index < -0.39 is 0 Å². The third-order valence-corrected chi connectivity index (χ3v) is 3.78.